The summed E-state index contributed by atoms with van der Waals surface area (Å²) in [5, 5.41) is 17.5. The molecule has 1 aromatic rings. The van der Waals surface area contributed by atoms with Crippen molar-refractivity contribution in [1.29, 1.82) is 10.5 Å². The van der Waals surface area contributed by atoms with E-state index in [1.54, 1.807) is 31.4 Å². The highest BCUT2D eigenvalue weighted by molar-refractivity contribution is 6.00. The Hall–Kier alpha value is -3.06. The summed E-state index contributed by atoms with van der Waals surface area (Å²) in [7, 11) is 1.54. The van der Waals surface area contributed by atoms with E-state index in [0.29, 0.717) is 11.4 Å². The lowest BCUT2D eigenvalue weighted by molar-refractivity contribution is -0.134. The third-order valence-corrected chi connectivity index (χ3v) is 3.67. The van der Waals surface area contributed by atoms with Gasteiger partial charge in [-0.25, -0.2) is 0 Å². The van der Waals surface area contributed by atoms with Crippen LogP contribution in [0.1, 0.15) is 6.42 Å². The minimum atomic E-state index is -0.546. The van der Waals surface area contributed by atoms with Crippen LogP contribution in [0.2, 0.25) is 0 Å². The normalized spacial score (nSPS) is 16.6. The van der Waals surface area contributed by atoms with Gasteiger partial charge < -0.3 is 14.5 Å². The van der Waals surface area contributed by atoms with Crippen LogP contribution >= 0.6 is 0 Å². The van der Waals surface area contributed by atoms with Gasteiger partial charge in [0.05, 0.1) is 25.2 Å². The van der Waals surface area contributed by atoms with Crippen LogP contribution in [0.15, 0.2) is 24.3 Å². The van der Waals surface area contributed by atoms with Crippen molar-refractivity contribution in [2.75, 3.05) is 31.6 Å². The number of benzene rings is 1. The summed E-state index contributed by atoms with van der Waals surface area (Å²) >= 11 is 0. The Kier molecular flexibility index (Phi) is 5.16. The van der Waals surface area contributed by atoms with Crippen molar-refractivity contribution in [3.63, 3.8) is 0 Å². The molecule has 1 saturated heterocycles. The van der Waals surface area contributed by atoms with Gasteiger partial charge in [-0.1, -0.05) is 6.07 Å². The summed E-state index contributed by atoms with van der Waals surface area (Å²) in [5.41, 5.74) is 0.664. The fourth-order valence-corrected chi connectivity index (χ4v) is 2.54. The molecule has 1 aliphatic heterocycles. The van der Waals surface area contributed by atoms with Gasteiger partial charge in [0.25, 0.3) is 0 Å². The van der Waals surface area contributed by atoms with Gasteiger partial charge in [-0.2, -0.15) is 10.5 Å². The molecule has 2 rings (SSSR count). The molecule has 7 nitrogen and oxygen atoms in total. The van der Waals surface area contributed by atoms with Gasteiger partial charge in [0.2, 0.25) is 11.8 Å². The van der Waals surface area contributed by atoms with Crippen LogP contribution < -0.4 is 9.64 Å². The number of nitrogens with zero attached hydrogens (tertiary/aromatic N) is 4. The van der Waals surface area contributed by atoms with E-state index in [2.05, 4.69) is 0 Å². The summed E-state index contributed by atoms with van der Waals surface area (Å²) in [6.45, 7) is -0.0787. The molecule has 118 valence electrons. The molecule has 0 radical (unpaired) electrons. The number of hydrogen-bond acceptors (Lipinski definition) is 5. The zero-order valence-corrected chi connectivity index (χ0v) is 12.7. The van der Waals surface area contributed by atoms with Crippen LogP contribution in [-0.4, -0.2) is 43.5 Å². The number of hydrogen-bond donors (Lipinski definition) is 0. The maximum absolute atomic E-state index is 12.4. The van der Waals surface area contributed by atoms with Crippen molar-refractivity contribution >= 4 is 17.5 Å². The van der Waals surface area contributed by atoms with Crippen LogP contribution in [0, 0.1) is 28.6 Å². The number of anilines is 1. The lowest BCUT2D eigenvalue weighted by Crippen LogP contribution is -2.38. The minimum Gasteiger partial charge on any atom is -0.497 e. The highest BCUT2D eigenvalue weighted by atomic mass is 16.5. The molecule has 0 N–H and O–H groups in total. The van der Waals surface area contributed by atoms with Crippen LogP contribution in [-0.2, 0) is 9.59 Å². The molecule has 1 atom stereocenters. The van der Waals surface area contributed by atoms with E-state index in [9.17, 15) is 9.59 Å². The van der Waals surface area contributed by atoms with Crippen LogP contribution in [0.5, 0.6) is 5.75 Å². The van der Waals surface area contributed by atoms with E-state index in [-0.39, 0.29) is 37.9 Å². The first kappa shape index (κ1) is 16.3. The number of carbonyl (C=O) groups is 2. The SMILES string of the molecule is COc1cccc(N2C[C@@H](C(=O)N(CC#N)CC#N)CC2=O)c1. The third kappa shape index (κ3) is 3.58. The molecule has 0 aliphatic carbocycles. The average Bonchev–Trinajstić information content (AvgIpc) is 2.96. The van der Waals surface area contributed by atoms with E-state index in [1.165, 1.54) is 9.80 Å². The first-order valence-electron chi connectivity index (χ1n) is 7.07. The lowest BCUT2D eigenvalue weighted by Gasteiger charge is -2.21. The van der Waals surface area contributed by atoms with E-state index in [4.69, 9.17) is 15.3 Å². The van der Waals surface area contributed by atoms with Gasteiger partial charge in [0.1, 0.15) is 18.8 Å². The molecule has 1 aromatic carbocycles. The molecule has 1 heterocycles. The quantitative estimate of drug-likeness (QED) is 0.753. The smallest absolute Gasteiger partial charge is 0.229 e. The average molecular weight is 312 g/mol. The standard InChI is InChI=1S/C16H16N4O3/c1-23-14-4-2-3-13(10-14)20-11-12(9-15(20)21)16(22)19(7-5-17)8-6-18/h2-4,10,12H,7-9,11H2,1H3/t12-/m0/s1. The topological polar surface area (TPSA) is 97.4 Å². The number of nitriles is 2. The highest BCUT2D eigenvalue weighted by Gasteiger charge is 2.37. The summed E-state index contributed by atoms with van der Waals surface area (Å²) in [4.78, 5) is 27.3. The van der Waals surface area contributed by atoms with Crippen LogP contribution in [0.25, 0.3) is 0 Å². The van der Waals surface area contributed by atoms with E-state index in [0.717, 1.165) is 0 Å². The predicted molar refractivity (Wildman–Crippen MR) is 81.3 cm³/mol. The molecule has 2 amide bonds. The van der Waals surface area contributed by atoms with Crippen molar-refractivity contribution in [3.8, 4) is 17.9 Å². The number of rotatable bonds is 5. The van der Waals surface area contributed by atoms with Gasteiger partial charge in [-0.15, -0.1) is 0 Å². The second-order valence-electron chi connectivity index (χ2n) is 5.12. The van der Waals surface area contributed by atoms with E-state index < -0.39 is 5.92 Å². The summed E-state index contributed by atoms with van der Waals surface area (Å²) in [6, 6.07) is 10.8. The number of methoxy groups -OCH3 is 1. The second kappa shape index (κ2) is 7.28. The molecule has 0 saturated carbocycles. The lowest BCUT2D eigenvalue weighted by atomic mass is 10.1. The Morgan fingerprint density at radius 3 is 2.70 bits per heavy atom. The zero-order valence-electron chi connectivity index (χ0n) is 12.7. The van der Waals surface area contributed by atoms with Crippen molar-refractivity contribution in [2.24, 2.45) is 5.92 Å². The zero-order chi connectivity index (χ0) is 16.8. The van der Waals surface area contributed by atoms with Crippen molar-refractivity contribution in [3.05, 3.63) is 24.3 Å². The van der Waals surface area contributed by atoms with Gasteiger partial charge in [-0.3, -0.25) is 9.59 Å². The maximum Gasteiger partial charge on any atom is 0.229 e. The second-order valence-corrected chi connectivity index (χ2v) is 5.12. The van der Waals surface area contributed by atoms with Gasteiger partial charge >= 0.3 is 0 Å². The molecule has 0 unspecified atom stereocenters. The van der Waals surface area contributed by atoms with Crippen molar-refractivity contribution < 1.29 is 14.3 Å². The fourth-order valence-electron chi connectivity index (χ4n) is 2.54. The molecular formula is C16H16N4O3. The fraction of sp³-hybridized carbons (Fsp3) is 0.375. The monoisotopic (exact) mass is 312 g/mol. The van der Waals surface area contributed by atoms with E-state index in [1.807, 2.05) is 12.1 Å². The summed E-state index contributed by atoms with van der Waals surface area (Å²) in [5.74, 6) is -0.423. The molecule has 1 aliphatic rings. The summed E-state index contributed by atoms with van der Waals surface area (Å²) in [6.07, 6.45) is 0.0728. The molecule has 7 heteroatoms. The van der Waals surface area contributed by atoms with Gasteiger partial charge in [-0.05, 0) is 12.1 Å². The Labute approximate surface area is 134 Å². The Balaban J connectivity index is 2.14. The molecule has 0 bridgehead atoms. The van der Waals surface area contributed by atoms with Crippen LogP contribution in [0.3, 0.4) is 0 Å². The van der Waals surface area contributed by atoms with Crippen LogP contribution in [0.4, 0.5) is 5.69 Å². The molecule has 0 aromatic heterocycles. The predicted octanol–water partition coefficient (Wildman–Crippen LogP) is 0.924. The first-order valence-corrected chi connectivity index (χ1v) is 7.07. The van der Waals surface area contributed by atoms with Gasteiger partial charge in [0, 0.05) is 24.7 Å². The maximum atomic E-state index is 12.4. The minimum absolute atomic E-state index is 0.0728. The molecule has 23 heavy (non-hydrogen) atoms. The number of carbonyl (C=O) groups excluding carboxylic acids is 2. The Morgan fingerprint density at radius 1 is 1.39 bits per heavy atom. The van der Waals surface area contributed by atoms with Crippen molar-refractivity contribution in [2.45, 2.75) is 6.42 Å². The number of amides is 2. The highest BCUT2D eigenvalue weighted by Crippen LogP contribution is 2.28. The van der Waals surface area contributed by atoms with Gasteiger partial charge in [0.15, 0.2) is 0 Å². The largest absolute Gasteiger partial charge is 0.497 e. The number of ether oxygens (including phenoxy) is 1. The van der Waals surface area contributed by atoms with Crippen molar-refractivity contribution in [1.82, 2.24) is 4.90 Å². The molecular weight excluding hydrogens is 296 g/mol. The van der Waals surface area contributed by atoms with E-state index >= 15 is 0 Å². The molecule has 1 fully saturated rings. The Morgan fingerprint density at radius 2 is 2.09 bits per heavy atom. The summed E-state index contributed by atoms with van der Waals surface area (Å²) < 4.78 is 5.14. The molecule has 0 spiro atoms. The Bertz CT molecular complexity index is 673. The third-order valence-electron chi connectivity index (χ3n) is 3.67. The first-order chi connectivity index (χ1) is 11.1.